The number of phenols is 1. The second-order valence-electron chi connectivity index (χ2n) is 5.92. The minimum absolute atomic E-state index is 0.0223. The monoisotopic (exact) mass is 306 g/mol. The normalized spacial score (nSPS) is 20.2. The molecule has 120 valence electrons. The molecule has 1 heterocycles. The highest BCUT2D eigenvalue weighted by molar-refractivity contribution is 6.01. The molecule has 0 saturated heterocycles. The Morgan fingerprint density at radius 1 is 1.45 bits per heavy atom. The van der Waals surface area contributed by atoms with Crippen molar-refractivity contribution in [2.45, 2.75) is 51.6 Å². The Kier molecular flexibility index (Phi) is 4.74. The molecule has 0 amide bonds. The lowest BCUT2D eigenvalue weighted by Crippen LogP contribution is -2.40. The van der Waals surface area contributed by atoms with Gasteiger partial charge in [0.2, 0.25) is 0 Å². The summed E-state index contributed by atoms with van der Waals surface area (Å²) in [4.78, 5) is 23.7. The summed E-state index contributed by atoms with van der Waals surface area (Å²) < 4.78 is 10.7. The molecule has 0 saturated carbocycles. The fraction of sp³-hybridized carbons (Fsp3) is 0.529. The van der Waals surface area contributed by atoms with Gasteiger partial charge in [-0.05, 0) is 31.9 Å². The zero-order valence-electron chi connectivity index (χ0n) is 13.3. The smallest absolute Gasteiger partial charge is 0.305 e. The Labute approximate surface area is 130 Å². The summed E-state index contributed by atoms with van der Waals surface area (Å²) in [6.07, 6.45) is 2.27. The zero-order chi connectivity index (χ0) is 16.3. The number of ether oxygens (including phenoxy) is 2. The molecule has 0 spiro atoms. The number of aromatic hydroxyl groups is 1. The number of hydrogen-bond donors (Lipinski definition) is 1. The van der Waals surface area contributed by atoms with Crippen molar-refractivity contribution in [1.82, 2.24) is 0 Å². The summed E-state index contributed by atoms with van der Waals surface area (Å²) in [5.41, 5.74) is 0.420. The molecule has 0 unspecified atom stereocenters. The van der Waals surface area contributed by atoms with Crippen molar-refractivity contribution in [3.8, 4) is 11.5 Å². The summed E-state index contributed by atoms with van der Waals surface area (Å²) in [6, 6.07) is 3.15. The molecule has 1 N–H and O–H groups in total. The third kappa shape index (κ3) is 3.24. The van der Waals surface area contributed by atoms with Gasteiger partial charge in [0.25, 0.3) is 0 Å². The van der Waals surface area contributed by atoms with Crippen molar-refractivity contribution in [2.24, 2.45) is 0 Å². The van der Waals surface area contributed by atoms with E-state index in [1.807, 2.05) is 13.8 Å². The first-order chi connectivity index (χ1) is 10.4. The second kappa shape index (κ2) is 6.38. The molecule has 1 atom stereocenters. The number of ketones is 1. The Bertz CT molecular complexity index is 593. The van der Waals surface area contributed by atoms with Gasteiger partial charge in [-0.3, -0.25) is 9.59 Å². The molecule has 1 aliphatic rings. The molecule has 1 aromatic carbocycles. The van der Waals surface area contributed by atoms with Crippen molar-refractivity contribution in [1.29, 1.82) is 0 Å². The first-order valence-electron chi connectivity index (χ1n) is 7.54. The number of esters is 1. The average molecular weight is 306 g/mol. The molecule has 0 bridgehead atoms. The molecular weight excluding hydrogens is 284 g/mol. The van der Waals surface area contributed by atoms with Crippen LogP contribution in [0.1, 0.15) is 55.5 Å². The molecular formula is C17H22O5. The standard InChI is InChI=1S/C17H22O5/c1-4-5-11-13(18)7-6-12-14(19)10-17(2,22-16(11)12)9-8-15(20)21-3/h6-7,18H,4-5,8-10H2,1-3H3/t17-/m1/s1. The van der Waals surface area contributed by atoms with Gasteiger partial charge in [-0.15, -0.1) is 0 Å². The number of Topliss-reactive ketones (excluding diaryl/α,β-unsaturated/α-hetero) is 1. The van der Waals surface area contributed by atoms with E-state index in [-0.39, 0.29) is 30.3 Å². The van der Waals surface area contributed by atoms with Gasteiger partial charge < -0.3 is 14.6 Å². The number of rotatable bonds is 5. The van der Waals surface area contributed by atoms with Crippen LogP contribution in [0.3, 0.4) is 0 Å². The topological polar surface area (TPSA) is 72.8 Å². The molecule has 5 heteroatoms. The molecule has 22 heavy (non-hydrogen) atoms. The minimum atomic E-state index is -0.755. The largest absolute Gasteiger partial charge is 0.508 e. The lowest BCUT2D eigenvalue weighted by atomic mass is 9.86. The number of fused-ring (bicyclic) bond motifs is 1. The predicted molar refractivity (Wildman–Crippen MR) is 81.3 cm³/mol. The predicted octanol–water partition coefficient (Wildman–Crippen LogP) is 3.02. The number of phenolic OH excluding ortho intramolecular Hbond substituents is 1. The SMILES string of the molecule is CCCc1c(O)ccc2c1O[C@](C)(CCC(=O)OC)CC2=O. The van der Waals surface area contributed by atoms with E-state index in [0.29, 0.717) is 29.7 Å². The second-order valence-corrected chi connectivity index (χ2v) is 5.92. The van der Waals surface area contributed by atoms with Gasteiger partial charge in [0, 0.05) is 12.0 Å². The zero-order valence-corrected chi connectivity index (χ0v) is 13.3. The van der Waals surface area contributed by atoms with Crippen molar-refractivity contribution < 1.29 is 24.2 Å². The van der Waals surface area contributed by atoms with Crippen LogP contribution in [0.4, 0.5) is 0 Å². The lowest BCUT2D eigenvalue weighted by molar-refractivity contribution is -0.141. The maximum Gasteiger partial charge on any atom is 0.305 e. The molecule has 0 fully saturated rings. The molecule has 0 radical (unpaired) electrons. The highest BCUT2D eigenvalue weighted by Crippen LogP contribution is 2.41. The quantitative estimate of drug-likeness (QED) is 0.847. The van der Waals surface area contributed by atoms with E-state index in [4.69, 9.17) is 4.74 Å². The van der Waals surface area contributed by atoms with E-state index in [0.717, 1.165) is 6.42 Å². The number of carbonyl (C=O) groups excluding carboxylic acids is 2. The molecule has 1 aromatic rings. The highest BCUT2D eigenvalue weighted by Gasteiger charge is 2.38. The van der Waals surface area contributed by atoms with Gasteiger partial charge in [-0.1, -0.05) is 13.3 Å². The van der Waals surface area contributed by atoms with Crippen LogP contribution in [0.25, 0.3) is 0 Å². The molecule has 0 aromatic heterocycles. The van der Waals surface area contributed by atoms with Gasteiger partial charge in [-0.25, -0.2) is 0 Å². The van der Waals surface area contributed by atoms with Crippen LogP contribution in [0.2, 0.25) is 0 Å². The number of carbonyl (C=O) groups is 2. The van der Waals surface area contributed by atoms with E-state index in [1.165, 1.54) is 7.11 Å². The van der Waals surface area contributed by atoms with Crippen LogP contribution in [0.5, 0.6) is 11.5 Å². The number of methoxy groups -OCH3 is 1. The first-order valence-corrected chi connectivity index (χ1v) is 7.54. The third-order valence-corrected chi connectivity index (χ3v) is 4.00. The molecule has 1 aliphatic heterocycles. The van der Waals surface area contributed by atoms with E-state index in [2.05, 4.69) is 4.74 Å². The maximum absolute atomic E-state index is 12.4. The Morgan fingerprint density at radius 2 is 2.18 bits per heavy atom. The lowest BCUT2D eigenvalue weighted by Gasteiger charge is -2.36. The van der Waals surface area contributed by atoms with Crippen LogP contribution in [-0.2, 0) is 16.0 Å². The van der Waals surface area contributed by atoms with Gasteiger partial charge >= 0.3 is 5.97 Å². The molecule has 0 aliphatic carbocycles. The summed E-state index contributed by atoms with van der Waals surface area (Å²) >= 11 is 0. The van der Waals surface area contributed by atoms with Gasteiger partial charge in [0.05, 0.1) is 19.1 Å². The van der Waals surface area contributed by atoms with E-state index in [1.54, 1.807) is 12.1 Å². The average Bonchev–Trinajstić information content (AvgIpc) is 2.48. The van der Waals surface area contributed by atoms with Crippen LogP contribution < -0.4 is 4.74 Å². The third-order valence-electron chi connectivity index (χ3n) is 4.00. The summed E-state index contributed by atoms with van der Waals surface area (Å²) in [7, 11) is 1.34. The summed E-state index contributed by atoms with van der Waals surface area (Å²) in [5.74, 6) is 0.259. The van der Waals surface area contributed by atoms with E-state index < -0.39 is 5.60 Å². The minimum Gasteiger partial charge on any atom is -0.508 e. The van der Waals surface area contributed by atoms with Gasteiger partial charge in [-0.2, -0.15) is 0 Å². The Balaban J connectivity index is 2.32. The van der Waals surface area contributed by atoms with Crippen LogP contribution in [-0.4, -0.2) is 29.6 Å². The fourth-order valence-electron chi connectivity index (χ4n) is 2.77. The Morgan fingerprint density at radius 3 is 2.82 bits per heavy atom. The van der Waals surface area contributed by atoms with Crippen molar-refractivity contribution in [2.75, 3.05) is 7.11 Å². The van der Waals surface area contributed by atoms with Crippen LogP contribution >= 0.6 is 0 Å². The van der Waals surface area contributed by atoms with Gasteiger partial charge in [0.15, 0.2) is 5.78 Å². The maximum atomic E-state index is 12.4. The Hall–Kier alpha value is -2.04. The molecule has 2 rings (SSSR count). The van der Waals surface area contributed by atoms with E-state index >= 15 is 0 Å². The van der Waals surface area contributed by atoms with Crippen molar-refractivity contribution in [3.63, 3.8) is 0 Å². The molecule has 5 nitrogen and oxygen atoms in total. The summed E-state index contributed by atoms with van der Waals surface area (Å²) in [5, 5.41) is 10.0. The van der Waals surface area contributed by atoms with Crippen LogP contribution in [0.15, 0.2) is 12.1 Å². The van der Waals surface area contributed by atoms with Crippen molar-refractivity contribution >= 4 is 11.8 Å². The van der Waals surface area contributed by atoms with E-state index in [9.17, 15) is 14.7 Å². The van der Waals surface area contributed by atoms with Gasteiger partial charge in [0.1, 0.15) is 17.1 Å². The van der Waals surface area contributed by atoms with Crippen molar-refractivity contribution in [3.05, 3.63) is 23.3 Å². The fourth-order valence-corrected chi connectivity index (χ4v) is 2.77. The summed E-state index contributed by atoms with van der Waals surface area (Å²) in [6.45, 7) is 3.82. The highest BCUT2D eigenvalue weighted by atomic mass is 16.5. The number of benzene rings is 1. The number of hydrogen-bond acceptors (Lipinski definition) is 5. The first kappa shape index (κ1) is 16.3. The van der Waals surface area contributed by atoms with Crippen LogP contribution in [0, 0.1) is 0 Å².